The Kier molecular flexibility index (Phi) is 6.65. The Bertz CT molecular complexity index is 516. The van der Waals surface area contributed by atoms with E-state index in [0.29, 0.717) is 19.4 Å². The summed E-state index contributed by atoms with van der Waals surface area (Å²) in [4.78, 5) is 25.5. The molecule has 0 fully saturated rings. The van der Waals surface area contributed by atoms with Gasteiger partial charge in [-0.2, -0.15) is 0 Å². The molecule has 1 heterocycles. The molecular formula is C15H22ClN3O2. The van der Waals surface area contributed by atoms with E-state index >= 15 is 0 Å². The first-order valence-electron chi connectivity index (χ1n) is 7.08. The van der Waals surface area contributed by atoms with Crippen LogP contribution >= 0.6 is 12.4 Å². The van der Waals surface area contributed by atoms with Crippen LogP contribution in [0.1, 0.15) is 25.8 Å². The van der Waals surface area contributed by atoms with Crippen molar-refractivity contribution in [1.29, 1.82) is 0 Å². The zero-order chi connectivity index (χ0) is 14.5. The average molecular weight is 312 g/mol. The molecule has 0 saturated heterocycles. The number of benzene rings is 1. The third kappa shape index (κ3) is 4.44. The number of likely N-dealkylation sites (N-methyl/N-ethyl adjacent to an activating group) is 1. The number of fused-ring (bicyclic) bond motifs is 1. The van der Waals surface area contributed by atoms with Gasteiger partial charge in [0.05, 0.1) is 6.54 Å². The van der Waals surface area contributed by atoms with Gasteiger partial charge in [0.1, 0.15) is 0 Å². The number of carbonyl (C=O) groups is 2. The monoisotopic (exact) mass is 311 g/mol. The van der Waals surface area contributed by atoms with Crippen molar-refractivity contribution in [2.45, 2.75) is 26.7 Å². The molecule has 2 N–H and O–H groups in total. The van der Waals surface area contributed by atoms with Crippen molar-refractivity contribution < 1.29 is 9.59 Å². The normalized spacial score (nSPS) is 13.2. The predicted molar refractivity (Wildman–Crippen MR) is 87.1 cm³/mol. The predicted octanol–water partition coefficient (Wildman–Crippen LogP) is 2.27. The van der Waals surface area contributed by atoms with Gasteiger partial charge in [-0.3, -0.25) is 14.5 Å². The Morgan fingerprint density at radius 3 is 2.67 bits per heavy atom. The first-order valence-corrected chi connectivity index (χ1v) is 7.08. The second-order valence-electron chi connectivity index (χ2n) is 4.89. The highest BCUT2D eigenvalue weighted by atomic mass is 35.5. The van der Waals surface area contributed by atoms with Crippen molar-refractivity contribution in [3.63, 3.8) is 0 Å². The van der Waals surface area contributed by atoms with Gasteiger partial charge < -0.3 is 10.6 Å². The fraction of sp³-hybridized carbons (Fsp3) is 0.467. The van der Waals surface area contributed by atoms with Gasteiger partial charge in [-0.05, 0) is 37.2 Å². The van der Waals surface area contributed by atoms with E-state index in [9.17, 15) is 9.59 Å². The molecule has 0 spiro atoms. The number of carbonyl (C=O) groups excluding carboxylic acids is 2. The van der Waals surface area contributed by atoms with E-state index in [1.807, 2.05) is 32.0 Å². The van der Waals surface area contributed by atoms with Gasteiger partial charge in [0.15, 0.2) is 0 Å². The summed E-state index contributed by atoms with van der Waals surface area (Å²) < 4.78 is 0. The smallest absolute Gasteiger partial charge is 0.238 e. The summed E-state index contributed by atoms with van der Waals surface area (Å²) in [7, 11) is 0. The lowest BCUT2D eigenvalue weighted by Crippen LogP contribution is -2.33. The minimum absolute atomic E-state index is 0. The summed E-state index contributed by atoms with van der Waals surface area (Å²) in [5.41, 5.74) is 2.63. The topological polar surface area (TPSA) is 61.4 Å². The van der Waals surface area contributed by atoms with E-state index in [2.05, 4.69) is 15.5 Å². The van der Waals surface area contributed by atoms with Gasteiger partial charge in [0.2, 0.25) is 11.8 Å². The molecule has 116 valence electrons. The lowest BCUT2D eigenvalue weighted by Gasteiger charge is -2.21. The first-order chi connectivity index (χ1) is 9.63. The van der Waals surface area contributed by atoms with Crippen LogP contribution in [0.2, 0.25) is 0 Å². The number of hydrogen-bond acceptors (Lipinski definition) is 3. The van der Waals surface area contributed by atoms with Crippen molar-refractivity contribution >= 4 is 35.6 Å². The Hall–Kier alpha value is -1.59. The zero-order valence-corrected chi connectivity index (χ0v) is 13.3. The molecule has 1 aliphatic rings. The molecule has 2 rings (SSSR count). The van der Waals surface area contributed by atoms with Crippen molar-refractivity contribution in [3.8, 4) is 0 Å². The minimum Gasteiger partial charge on any atom is -0.326 e. The van der Waals surface area contributed by atoms with Crippen LogP contribution in [0.25, 0.3) is 0 Å². The highest BCUT2D eigenvalue weighted by molar-refractivity contribution is 5.98. The Morgan fingerprint density at radius 2 is 2.00 bits per heavy atom. The number of nitrogens with zero attached hydrogens (tertiary/aromatic N) is 1. The SMILES string of the molecule is CCN(CC)CC(=O)Nc1cccc2c1CCC(=O)N2.Cl. The molecule has 5 nitrogen and oxygen atoms in total. The van der Waals surface area contributed by atoms with Gasteiger partial charge in [0.25, 0.3) is 0 Å². The van der Waals surface area contributed by atoms with E-state index in [-0.39, 0.29) is 24.2 Å². The van der Waals surface area contributed by atoms with E-state index < -0.39 is 0 Å². The molecule has 0 bridgehead atoms. The Balaban J connectivity index is 0.00000220. The van der Waals surface area contributed by atoms with Crippen LogP contribution in [0, 0.1) is 0 Å². The number of anilines is 2. The largest absolute Gasteiger partial charge is 0.326 e. The Morgan fingerprint density at radius 1 is 1.29 bits per heavy atom. The van der Waals surface area contributed by atoms with Crippen molar-refractivity contribution in [3.05, 3.63) is 23.8 Å². The summed E-state index contributed by atoms with van der Waals surface area (Å²) >= 11 is 0. The van der Waals surface area contributed by atoms with Crippen LogP contribution in [0.4, 0.5) is 11.4 Å². The maximum absolute atomic E-state index is 12.1. The molecule has 0 aliphatic carbocycles. The summed E-state index contributed by atoms with van der Waals surface area (Å²) in [6, 6.07) is 5.60. The van der Waals surface area contributed by atoms with Gasteiger partial charge in [-0.15, -0.1) is 12.4 Å². The Labute approximate surface area is 131 Å². The summed E-state index contributed by atoms with van der Waals surface area (Å²) in [6.07, 6.45) is 1.14. The van der Waals surface area contributed by atoms with Crippen molar-refractivity contribution in [2.24, 2.45) is 0 Å². The van der Waals surface area contributed by atoms with Crippen LogP contribution in [0.5, 0.6) is 0 Å². The second-order valence-corrected chi connectivity index (χ2v) is 4.89. The van der Waals surface area contributed by atoms with E-state index in [4.69, 9.17) is 0 Å². The van der Waals surface area contributed by atoms with Gasteiger partial charge >= 0.3 is 0 Å². The third-order valence-electron chi connectivity index (χ3n) is 3.59. The maximum atomic E-state index is 12.1. The highest BCUT2D eigenvalue weighted by Crippen LogP contribution is 2.29. The van der Waals surface area contributed by atoms with Crippen LogP contribution in [-0.4, -0.2) is 36.3 Å². The van der Waals surface area contributed by atoms with Crippen molar-refractivity contribution in [1.82, 2.24) is 4.90 Å². The van der Waals surface area contributed by atoms with Crippen LogP contribution in [-0.2, 0) is 16.0 Å². The number of nitrogens with one attached hydrogen (secondary N) is 2. The first kappa shape index (κ1) is 17.5. The molecule has 21 heavy (non-hydrogen) atoms. The molecule has 2 amide bonds. The van der Waals surface area contributed by atoms with Crippen molar-refractivity contribution in [2.75, 3.05) is 30.3 Å². The maximum Gasteiger partial charge on any atom is 0.238 e. The molecule has 0 atom stereocenters. The average Bonchev–Trinajstić information content (AvgIpc) is 2.44. The second kappa shape index (κ2) is 8.00. The molecule has 0 radical (unpaired) electrons. The minimum atomic E-state index is -0.0148. The fourth-order valence-electron chi connectivity index (χ4n) is 2.38. The summed E-state index contributed by atoms with van der Waals surface area (Å²) in [6.45, 7) is 6.18. The number of halogens is 1. The molecule has 0 saturated carbocycles. The lowest BCUT2D eigenvalue weighted by molar-refractivity contribution is -0.117. The van der Waals surface area contributed by atoms with Gasteiger partial charge in [-0.1, -0.05) is 19.9 Å². The molecular weight excluding hydrogens is 290 g/mol. The summed E-state index contributed by atoms with van der Waals surface area (Å²) in [5, 5.41) is 5.79. The van der Waals surface area contributed by atoms with E-state index in [1.54, 1.807) is 0 Å². The molecule has 1 aromatic carbocycles. The standard InChI is InChI=1S/C15H21N3O2.ClH/c1-3-18(4-2)10-15(20)17-13-7-5-6-12-11(13)8-9-14(19)16-12;/h5-7H,3-4,8-10H2,1-2H3,(H,16,19)(H,17,20);1H. The number of amides is 2. The van der Waals surface area contributed by atoms with Gasteiger partial charge in [0, 0.05) is 17.8 Å². The van der Waals surface area contributed by atoms with Crippen LogP contribution < -0.4 is 10.6 Å². The number of hydrogen-bond donors (Lipinski definition) is 2. The van der Waals surface area contributed by atoms with Crippen LogP contribution in [0.15, 0.2) is 18.2 Å². The number of rotatable bonds is 5. The van der Waals surface area contributed by atoms with Crippen LogP contribution in [0.3, 0.4) is 0 Å². The van der Waals surface area contributed by atoms with E-state index in [1.165, 1.54) is 0 Å². The quantitative estimate of drug-likeness (QED) is 0.877. The fourth-order valence-corrected chi connectivity index (χ4v) is 2.38. The third-order valence-corrected chi connectivity index (χ3v) is 3.59. The lowest BCUT2D eigenvalue weighted by atomic mass is 10.0. The van der Waals surface area contributed by atoms with E-state index in [0.717, 1.165) is 30.0 Å². The molecule has 1 aliphatic heterocycles. The molecule has 0 aromatic heterocycles. The zero-order valence-electron chi connectivity index (χ0n) is 12.4. The van der Waals surface area contributed by atoms with Gasteiger partial charge in [-0.25, -0.2) is 0 Å². The molecule has 0 unspecified atom stereocenters. The highest BCUT2D eigenvalue weighted by Gasteiger charge is 2.18. The summed E-state index contributed by atoms with van der Waals surface area (Å²) in [5.74, 6) is 0.0168. The molecule has 6 heteroatoms. The molecule has 1 aromatic rings.